The van der Waals surface area contributed by atoms with Crippen molar-refractivity contribution in [2.45, 2.75) is 32.0 Å². The summed E-state index contributed by atoms with van der Waals surface area (Å²) in [4.78, 5) is 9.25. The predicted octanol–water partition coefficient (Wildman–Crippen LogP) is 1.33. The summed E-state index contributed by atoms with van der Waals surface area (Å²) in [5.74, 6) is 0. The third-order valence-corrected chi connectivity index (χ3v) is 3.37. The minimum atomic E-state index is 0.744. The SMILES string of the molecule is CN(C)CCN(C)Cc1cccc(CNC2CC2)n1. The molecule has 1 saturated carbocycles. The van der Waals surface area contributed by atoms with Gasteiger partial charge < -0.3 is 10.2 Å². The molecule has 0 saturated heterocycles. The van der Waals surface area contributed by atoms with Crippen LogP contribution < -0.4 is 5.32 Å². The van der Waals surface area contributed by atoms with Crippen molar-refractivity contribution in [3.05, 3.63) is 29.6 Å². The molecule has 19 heavy (non-hydrogen) atoms. The van der Waals surface area contributed by atoms with Gasteiger partial charge in [0.15, 0.2) is 0 Å². The smallest absolute Gasteiger partial charge is 0.0547 e. The molecule has 1 N–H and O–H groups in total. The van der Waals surface area contributed by atoms with Crippen LogP contribution in [0.15, 0.2) is 18.2 Å². The van der Waals surface area contributed by atoms with E-state index in [4.69, 9.17) is 4.98 Å². The lowest BCUT2D eigenvalue weighted by molar-refractivity contribution is 0.274. The zero-order valence-electron chi connectivity index (χ0n) is 12.4. The van der Waals surface area contributed by atoms with Gasteiger partial charge in [0.05, 0.1) is 11.4 Å². The van der Waals surface area contributed by atoms with E-state index in [1.54, 1.807) is 0 Å². The molecule has 0 atom stereocenters. The van der Waals surface area contributed by atoms with Crippen LogP contribution in [-0.4, -0.2) is 55.1 Å². The highest BCUT2D eigenvalue weighted by Gasteiger charge is 2.20. The van der Waals surface area contributed by atoms with Gasteiger partial charge in [0.2, 0.25) is 0 Å². The number of rotatable bonds is 8. The van der Waals surface area contributed by atoms with Crippen LogP contribution in [0, 0.1) is 0 Å². The monoisotopic (exact) mass is 262 g/mol. The van der Waals surface area contributed by atoms with Crippen molar-refractivity contribution >= 4 is 0 Å². The number of hydrogen-bond donors (Lipinski definition) is 1. The largest absolute Gasteiger partial charge is 0.308 e. The Morgan fingerprint density at radius 3 is 2.58 bits per heavy atom. The van der Waals surface area contributed by atoms with Crippen LogP contribution in [0.1, 0.15) is 24.2 Å². The number of nitrogens with one attached hydrogen (secondary N) is 1. The van der Waals surface area contributed by atoms with Crippen LogP contribution in [-0.2, 0) is 13.1 Å². The summed E-state index contributed by atoms with van der Waals surface area (Å²) in [5.41, 5.74) is 2.32. The highest BCUT2D eigenvalue weighted by molar-refractivity contribution is 5.11. The third-order valence-electron chi connectivity index (χ3n) is 3.37. The van der Waals surface area contributed by atoms with Crippen molar-refractivity contribution in [3.63, 3.8) is 0 Å². The van der Waals surface area contributed by atoms with Crippen LogP contribution in [0.25, 0.3) is 0 Å². The van der Waals surface area contributed by atoms with E-state index >= 15 is 0 Å². The minimum absolute atomic E-state index is 0.744. The third kappa shape index (κ3) is 5.68. The molecule has 0 amide bonds. The molecule has 0 unspecified atom stereocenters. The van der Waals surface area contributed by atoms with E-state index in [2.05, 4.69) is 54.5 Å². The van der Waals surface area contributed by atoms with Gasteiger partial charge in [0.1, 0.15) is 0 Å². The molecule has 1 fully saturated rings. The summed E-state index contributed by atoms with van der Waals surface area (Å²) < 4.78 is 0. The molecule has 0 spiro atoms. The van der Waals surface area contributed by atoms with Gasteiger partial charge in [-0.3, -0.25) is 9.88 Å². The minimum Gasteiger partial charge on any atom is -0.308 e. The van der Waals surface area contributed by atoms with Crippen LogP contribution in [0.2, 0.25) is 0 Å². The molecular weight excluding hydrogens is 236 g/mol. The molecule has 2 rings (SSSR count). The Labute approximate surface area is 116 Å². The van der Waals surface area contributed by atoms with Crippen LogP contribution in [0.4, 0.5) is 0 Å². The highest BCUT2D eigenvalue weighted by atomic mass is 15.2. The van der Waals surface area contributed by atoms with E-state index in [1.165, 1.54) is 12.8 Å². The van der Waals surface area contributed by atoms with E-state index < -0.39 is 0 Å². The fourth-order valence-corrected chi connectivity index (χ4v) is 1.98. The Bertz CT molecular complexity index is 387. The number of hydrogen-bond acceptors (Lipinski definition) is 4. The van der Waals surface area contributed by atoms with Crippen LogP contribution in [0.5, 0.6) is 0 Å². The molecule has 0 aliphatic heterocycles. The average molecular weight is 262 g/mol. The first kappa shape index (κ1) is 14.4. The molecule has 4 heteroatoms. The van der Waals surface area contributed by atoms with Gasteiger partial charge in [-0.1, -0.05) is 6.07 Å². The molecular formula is C15H26N4. The molecule has 0 radical (unpaired) electrons. The lowest BCUT2D eigenvalue weighted by Crippen LogP contribution is -2.28. The van der Waals surface area contributed by atoms with Crippen molar-refractivity contribution in [2.24, 2.45) is 0 Å². The standard InChI is InChI=1S/C15H26N4/c1-18(2)9-10-19(3)12-15-6-4-5-14(17-15)11-16-13-7-8-13/h4-6,13,16H,7-12H2,1-3H3. The fraction of sp³-hybridized carbons (Fsp3) is 0.667. The summed E-state index contributed by atoms with van der Waals surface area (Å²) >= 11 is 0. The molecule has 1 aliphatic rings. The second-order valence-corrected chi connectivity index (χ2v) is 5.82. The van der Waals surface area contributed by atoms with Gasteiger partial charge in [-0.05, 0) is 46.1 Å². The second-order valence-electron chi connectivity index (χ2n) is 5.82. The van der Waals surface area contributed by atoms with Gasteiger partial charge in [-0.2, -0.15) is 0 Å². The maximum absolute atomic E-state index is 4.72. The summed E-state index contributed by atoms with van der Waals surface area (Å²) in [6.07, 6.45) is 2.65. The highest BCUT2D eigenvalue weighted by Crippen LogP contribution is 2.19. The van der Waals surface area contributed by atoms with E-state index in [0.29, 0.717) is 0 Å². The first-order chi connectivity index (χ1) is 9.13. The number of aromatic nitrogens is 1. The number of nitrogens with zero attached hydrogens (tertiary/aromatic N) is 3. The van der Waals surface area contributed by atoms with Crippen molar-refractivity contribution in [3.8, 4) is 0 Å². The molecule has 1 aromatic rings. The normalized spacial score (nSPS) is 15.4. The van der Waals surface area contributed by atoms with E-state index in [9.17, 15) is 0 Å². The second kappa shape index (κ2) is 6.98. The Morgan fingerprint density at radius 2 is 1.89 bits per heavy atom. The van der Waals surface area contributed by atoms with Crippen LogP contribution in [0.3, 0.4) is 0 Å². The van der Waals surface area contributed by atoms with E-state index in [1.807, 2.05) is 0 Å². The Balaban J connectivity index is 1.79. The average Bonchev–Trinajstić information content (AvgIpc) is 3.18. The van der Waals surface area contributed by atoms with Gasteiger partial charge in [-0.25, -0.2) is 0 Å². The molecule has 106 valence electrons. The van der Waals surface area contributed by atoms with Gasteiger partial charge >= 0.3 is 0 Å². The fourth-order valence-electron chi connectivity index (χ4n) is 1.98. The summed E-state index contributed by atoms with van der Waals surface area (Å²) in [7, 11) is 6.37. The van der Waals surface area contributed by atoms with Gasteiger partial charge in [0.25, 0.3) is 0 Å². The number of likely N-dealkylation sites (N-methyl/N-ethyl adjacent to an activating group) is 2. The van der Waals surface area contributed by atoms with Crippen molar-refractivity contribution in [1.82, 2.24) is 20.1 Å². The van der Waals surface area contributed by atoms with Crippen molar-refractivity contribution < 1.29 is 0 Å². The first-order valence-corrected chi connectivity index (χ1v) is 7.15. The summed E-state index contributed by atoms with van der Waals surface area (Å²) in [5, 5.41) is 3.51. The summed E-state index contributed by atoms with van der Waals surface area (Å²) in [6, 6.07) is 7.09. The Hall–Kier alpha value is -0.970. The van der Waals surface area contributed by atoms with E-state index in [-0.39, 0.29) is 0 Å². The number of pyridine rings is 1. The maximum Gasteiger partial charge on any atom is 0.0547 e. The molecule has 0 aromatic carbocycles. The lowest BCUT2D eigenvalue weighted by atomic mass is 10.3. The Kier molecular flexibility index (Phi) is 5.31. The zero-order valence-corrected chi connectivity index (χ0v) is 12.4. The molecule has 1 aliphatic carbocycles. The quantitative estimate of drug-likeness (QED) is 0.766. The van der Waals surface area contributed by atoms with Crippen LogP contribution >= 0.6 is 0 Å². The lowest BCUT2D eigenvalue weighted by Gasteiger charge is -2.19. The van der Waals surface area contributed by atoms with Crippen molar-refractivity contribution in [1.29, 1.82) is 0 Å². The molecule has 4 nitrogen and oxygen atoms in total. The van der Waals surface area contributed by atoms with E-state index in [0.717, 1.165) is 43.6 Å². The van der Waals surface area contributed by atoms with Gasteiger partial charge in [0, 0.05) is 32.2 Å². The van der Waals surface area contributed by atoms with Gasteiger partial charge in [-0.15, -0.1) is 0 Å². The Morgan fingerprint density at radius 1 is 1.16 bits per heavy atom. The zero-order chi connectivity index (χ0) is 13.7. The predicted molar refractivity (Wildman–Crippen MR) is 79.0 cm³/mol. The first-order valence-electron chi connectivity index (χ1n) is 7.15. The molecule has 0 bridgehead atoms. The summed E-state index contributed by atoms with van der Waals surface area (Å²) in [6.45, 7) is 3.98. The topological polar surface area (TPSA) is 31.4 Å². The molecule has 1 heterocycles. The van der Waals surface area contributed by atoms with Crippen molar-refractivity contribution in [2.75, 3.05) is 34.2 Å². The maximum atomic E-state index is 4.72. The molecule has 1 aromatic heterocycles.